The van der Waals surface area contributed by atoms with Crippen molar-refractivity contribution in [3.05, 3.63) is 29.8 Å². The molecule has 0 aliphatic carbocycles. The summed E-state index contributed by atoms with van der Waals surface area (Å²) in [6.07, 6.45) is 1.92. The van der Waals surface area contributed by atoms with E-state index in [0.717, 1.165) is 31.5 Å². The molecule has 1 unspecified atom stereocenters. The summed E-state index contributed by atoms with van der Waals surface area (Å²) in [5.74, 6) is 0.870. The lowest BCUT2D eigenvalue weighted by Gasteiger charge is -2.28. The van der Waals surface area contributed by atoms with Gasteiger partial charge in [-0.15, -0.1) is 0 Å². The van der Waals surface area contributed by atoms with E-state index in [4.69, 9.17) is 4.74 Å². The van der Waals surface area contributed by atoms with Gasteiger partial charge in [-0.3, -0.25) is 0 Å². The van der Waals surface area contributed by atoms with Crippen LogP contribution in [0, 0.1) is 5.41 Å². The molecular weight excluding hydrogens is 226 g/mol. The van der Waals surface area contributed by atoms with Gasteiger partial charge < -0.3 is 14.4 Å². The van der Waals surface area contributed by atoms with Crippen molar-refractivity contribution in [3.8, 4) is 5.75 Å². The van der Waals surface area contributed by atoms with Gasteiger partial charge in [0.1, 0.15) is 12.0 Å². The van der Waals surface area contributed by atoms with Crippen molar-refractivity contribution in [1.29, 1.82) is 0 Å². The second-order valence-electron chi connectivity index (χ2n) is 5.15. The maximum Gasteiger partial charge on any atom is 0.127 e. The first-order chi connectivity index (χ1) is 8.53. The summed E-state index contributed by atoms with van der Waals surface area (Å²) in [5.41, 5.74) is 0.939. The number of hydrogen-bond acceptors (Lipinski definition) is 3. The number of ether oxygens (including phenoxy) is 1. The average Bonchev–Trinajstić information content (AvgIpc) is 2.38. The predicted molar refractivity (Wildman–Crippen MR) is 73.8 cm³/mol. The Balaban J connectivity index is 2.63. The highest BCUT2D eigenvalue weighted by atomic mass is 16.5. The van der Waals surface area contributed by atoms with Gasteiger partial charge in [-0.1, -0.05) is 26.0 Å². The molecule has 0 fully saturated rings. The maximum atomic E-state index is 11.1. The molecule has 18 heavy (non-hydrogen) atoms. The van der Waals surface area contributed by atoms with Crippen molar-refractivity contribution in [1.82, 2.24) is 4.90 Å². The zero-order chi connectivity index (χ0) is 13.6. The highest BCUT2D eigenvalue weighted by Crippen LogP contribution is 2.20. The Labute approximate surface area is 110 Å². The largest absolute Gasteiger partial charge is 0.497 e. The molecule has 0 aliphatic rings. The number of carbonyl (C=O) groups is 1. The molecule has 0 heterocycles. The molecular formula is C15H23NO2. The summed E-state index contributed by atoms with van der Waals surface area (Å²) >= 11 is 0. The van der Waals surface area contributed by atoms with Gasteiger partial charge in [0.15, 0.2) is 0 Å². The normalized spacial score (nSPS) is 14.3. The summed E-state index contributed by atoms with van der Waals surface area (Å²) in [6.45, 7) is 5.64. The number of aldehydes is 1. The van der Waals surface area contributed by atoms with E-state index in [9.17, 15) is 4.79 Å². The van der Waals surface area contributed by atoms with E-state index < -0.39 is 0 Å². The van der Waals surface area contributed by atoms with E-state index in [1.54, 1.807) is 7.11 Å². The van der Waals surface area contributed by atoms with E-state index in [-0.39, 0.29) is 5.41 Å². The van der Waals surface area contributed by atoms with Gasteiger partial charge in [0.05, 0.1) is 7.11 Å². The number of carbonyl (C=O) groups excluding carboxylic acids is 1. The molecule has 0 radical (unpaired) electrons. The van der Waals surface area contributed by atoms with Crippen LogP contribution in [0.25, 0.3) is 0 Å². The summed E-state index contributed by atoms with van der Waals surface area (Å²) in [5, 5.41) is 0. The lowest BCUT2D eigenvalue weighted by molar-refractivity contribution is -0.116. The first kappa shape index (κ1) is 14.7. The predicted octanol–water partition coefficient (Wildman–Crippen LogP) is 2.74. The van der Waals surface area contributed by atoms with E-state index >= 15 is 0 Å². The fourth-order valence-electron chi connectivity index (χ4n) is 1.99. The lowest BCUT2D eigenvalue weighted by atomic mass is 9.89. The summed E-state index contributed by atoms with van der Waals surface area (Å²) < 4.78 is 5.20. The van der Waals surface area contributed by atoms with Crippen LogP contribution < -0.4 is 4.74 Å². The molecule has 0 spiro atoms. The van der Waals surface area contributed by atoms with Gasteiger partial charge >= 0.3 is 0 Å². The molecule has 1 rings (SSSR count). The van der Waals surface area contributed by atoms with Crippen LogP contribution in [0.3, 0.4) is 0 Å². The van der Waals surface area contributed by atoms with Crippen LogP contribution in [0.15, 0.2) is 24.3 Å². The van der Waals surface area contributed by atoms with Crippen LogP contribution in [-0.2, 0) is 11.3 Å². The third kappa shape index (κ3) is 4.15. The molecule has 0 aliphatic heterocycles. The number of rotatable bonds is 7. The average molecular weight is 249 g/mol. The lowest BCUT2D eigenvalue weighted by Crippen LogP contribution is -2.33. The SMILES string of the molecule is CCC(C)(C=O)CN(C)Cc1cccc(OC)c1. The van der Waals surface area contributed by atoms with Crippen LogP contribution >= 0.6 is 0 Å². The molecule has 0 amide bonds. The van der Waals surface area contributed by atoms with Crippen molar-refractivity contribution in [2.24, 2.45) is 5.41 Å². The fourth-order valence-corrected chi connectivity index (χ4v) is 1.99. The molecule has 0 bridgehead atoms. The number of nitrogens with zero attached hydrogens (tertiary/aromatic N) is 1. The molecule has 0 aromatic heterocycles. The van der Waals surface area contributed by atoms with Gasteiger partial charge in [0.25, 0.3) is 0 Å². The highest BCUT2D eigenvalue weighted by molar-refractivity contribution is 5.58. The quantitative estimate of drug-likeness (QED) is 0.696. The smallest absolute Gasteiger partial charge is 0.127 e. The third-order valence-corrected chi connectivity index (χ3v) is 3.31. The topological polar surface area (TPSA) is 29.5 Å². The Kier molecular flexibility index (Phi) is 5.35. The minimum absolute atomic E-state index is 0.256. The Morgan fingerprint density at radius 1 is 1.44 bits per heavy atom. The van der Waals surface area contributed by atoms with Crippen LogP contribution in [0.4, 0.5) is 0 Å². The van der Waals surface area contributed by atoms with E-state index in [2.05, 4.69) is 11.0 Å². The molecule has 100 valence electrons. The first-order valence-corrected chi connectivity index (χ1v) is 6.31. The van der Waals surface area contributed by atoms with Gasteiger partial charge in [-0.25, -0.2) is 0 Å². The molecule has 1 aromatic carbocycles. The standard InChI is InChI=1S/C15H23NO2/c1-5-15(2,12-17)11-16(3)10-13-7-6-8-14(9-13)18-4/h6-9,12H,5,10-11H2,1-4H3. The second kappa shape index (κ2) is 6.55. The maximum absolute atomic E-state index is 11.1. The van der Waals surface area contributed by atoms with Gasteiger partial charge in [-0.2, -0.15) is 0 Å². The van der Waals surface area contributed by atoms with E-state index in [0.29, 0.717) is 0 Å². The van der Waals surface area contributed by atoms with Crippen molar-refractivity contribution in [3.63, 3.8) is 0 Å². The zero-order valence-corrected chi connectivity index (χ0v) is 11.8. The number of methoxy groups -OCH3 is 1. The monoisotopic (exact) mass is 249 g/mol. The minimum atomic E-state index is -0.256. The third-order valence-electron chi connectivity index (χ3n) is 3.31. The Bertz CT molecular complexity index is 392. The van der Waals surface area contributed by atoms with Crippen molar-refractivity contribution < 1.29 is 9.53 Å². The van der Waals surface area contributed by atoms with Crippen LogP contribution in [0.5, 0.6) is 5.75 Å². The fraction of sp³-hybridized carbons (Fsp3) is 0.533. The van der Waals surface area contributed by atoms with Crippen LogP contribution in [-0.4, -0.2) is 31.9 Å². The molecule has 3 nitrogen and oxygen atoms in total. The van der Waals surface area contributed by atoms with E-state index in [1.165, 1.54) is 5.56 Å². The Morgan fingerprint density at radius 2 is 2.17 bits per heavy atom. The summed E-state index contributed by atoms with van der Waals surface area (Å²) in [4.78, 5) is 13.3. The van der Waals surface area contributed by atoms with Crippen LogP contribution in [0.1, 0.15) is 25.8 Å². The summed E-state index contributed by atoms with van der Waals surface area (Å²) in [6, 6.07) is 8.02. The highest BCUT2D eigenvalue weighted by Gasteiger charge is 2.23. The van der Waals surface area contributed by atoms with Gasteiger partial charge in [-0.05, 0) is 31.2 Å². The number of benzene rings is 1. The van der Waals surface area contributed by atoms with E-state index in [1.807, 2.05) is 39.1 Å². The van der Waals surface area contributed by atoms with Crippen molar-refractivity contribution in [2.75, 3.05) is 20.7 Å². The van der Waals surface area contributed by atoms with Crippen LogP contribution in [0.2, 0.25) is 0 Å². The van der Waals surface area contributed by atoms with Crippen molar-refractivity contribution >= 4 is 6.29 Å². The number of hydrogen-bond donors (Lipinski definition) is 0. The van der Waals surface area contributed by atoms with Gasteiger partial charge in [0.2, 0.25) is 0 Å². The molecule has 0 N–H and O–H groups in total. The Morgan fingerprint density at radius 3 is 2.72 bits per heavy atom. The zero-order valence-electron chi connectivity index (χ0n) is 11.8. The first-order valence-electron chi connectivity index (χ1n) is 6.31. The molecule has 1 atom stereocenters. The van der Waals surface area contributed by atoms with Gasteiger partial charge in [0, 0.05) is 18.5 Å². The summed E-state index contributed by atoms with van der Waals surface area (Å²) in [7, 11) is 3.71. The molecule has 0 saturated carbocycles. The second-order valence-corrected chi connectivity index (χ2v) is 5.15. The van der Waals surface area contributed by atoms with Crippen molar-refractivity contribution in [2.45, 2.75) is 26.8 Å². The Hall–Kier alpha value is -1.35. The minimum Gasteiger partial charge on any atom is -0.497 e. The molecule has 0 saturated heterocycles. The molecule has 3 heteroatoms. The molecule has 1 aromatic rings.